The smallest absolute Gasteiger partial charge is 0.382 e. The molecule has 162 valence electrons. The average Bonchev–Trinajstić information content (AvgIpc) is 3.23. The molecule has 2 heterocycles. The molecule has 6 heteroatoms. The molecule has 0 bridgehead atoms. The van der Waals surface area contributed by atoms with Gasteiger partial charge in [0.15, 0.2) is 5.89 Å². The van der Waals surface area contributed by atoms with Crippen LogP contribution in [0.2, 0.25) is 0 Å². The van der Waals surface area contributed by atoms with Crippen molar-refractivity contribution >= 4 is 22.1 Å². The zero-order chi connectivity index (χ0) is 21.6. The Morgan fingerprint density at radius 3 is 2.55 bits per heavy atom. The average molecular weight is 421 g/mol. The van der Waals surface area contributed by atoms with Crippen LogP contribution in [0.4, 0.5) is 0 Å². The standard InChI is InChI=1S/C25H28N2O4/c1-3-4-15-27(17-18-11-13-19(29-2)14-12-18)16-7-10-22-26-23-20-8-5-6-9-21(20)30-25(28)24(23)31-22/h5-6,8-9,11-14H,3-4,7,10,15-17H2,1-2H3. The molecule has 0 aliphatic carbocycles. The van der Waals surface area contributed by atoms with Crippen LogP contribution >= 0.6 is 0 Å². The molecule has 0 fully saturated rings. The van der Waals surface area contributed by atoms with E-state index in [4.69, 9.17) is 13.6 Å². The highest BCUT2D eigenvalue weighted by Gasteiger charge is 2.15. The summed E-state index contributed by atoms with van der Waals surface area (Å²) in [6, 6.07) is 15.6. The van der Waals surface area contributed by atoms with E-state index < -0.39 is 5.63 Å². The highest BCUT2D eigenvalue weighted by Crippen LogP contribution is 2.23. The minimum atomic E-state index is -0.475. The van der Waals surface area contributed by atoms with E-state index in [1.165, 1.54) is 5.56 Å². The first-order valence-corrected chi connectivity index (χ1v) is 10.8. The van der Waals surface area contributed by atoms with Gasteiger partial charge in [-0.1, -0.05) is 37.6 Å². The van der Waals surface area contributed by atoms with Crippen molar-refractivity contribution in [3.8, 4) is 5.75 Å². The fourth-order valence-electron chi connectivity index (χ4n) is 3.78. The van der Waals surface area contributed by atoms with Crippen molar-refractivity contribution < 1.29 is 13.6 Å². The number of fused-ring (bicyclic) bond motifs is 3. The number of unbranched alkanes of at least 4 members (excludes halogenated alkanes) is 1. The second-order valence-electron chi connectivity index (χ2n) is 7.75. The van der Waals surface area contributed by atoms with Crippen molar-refractivity contribution in [2.75, 3.05) is 20.2 Å². The third kappa shape index (κ3) is 4.97. The summed E-state index contributed by atoms with van der Waals surface area (Å²) in [5.74, 6) is 1.45. The van der Waals surface area contributed by atoms with Crippen molar-refractivity contribution in [1.29, 1.82) is 0 Å². The third-order valence-corrected chi connectivity index (χ3v) is 5.46. The van der Waals surface area contributed by atoms with E-state index in [1.807, 2.05) is 30.3 Å². The molecular weight excluding hydrogens is 392 g/mol. The number of nitrogens with zero attached hydrogens (tertiary/aromatic N) is 2. The fourth-order valence-corrected chi connectivity index (χ4v) is 3.78. The lowest BCUT2D eigenvalue weighted by Crippen LogP contribution is -2.26. The van der Waals surface area contributed by atoms with Gasteiger partial charge in [0, 0.05) is 18.4 Å². The van der Waals surface area contributed by atoms with Gasteiger partial charge >= 0.3 is 5.63 Å². The van der Waals surface area contributed by atoms with Crippen LogP contribution in [0.3, 0.4) is 0 Å². The second-order valence-corrected chi connectivity index (χ2v) is 7.75. The van der Waals surface area contributed by atoms with Crippen LogP contribution in [0.5, 0.6) is 5.75 Å². The normalized spacial score (nSPS) is 11.6. The van der Waals surface area contributed by atoms with E-state index in [9.17, 15) is 4.79 Å². The molecule has 4 aromatic rings. The number of hydrogen-bond acceptors (Lipinski definition) is 6. The maximum absolute atomic E-state index is 12.2. The van der Waals surface area contributed by atoms with Gasteiger partial charge in [-0.2, -0.15) is 0 Å². The molecule has 0 N–H and O–H groups in total. The summed E-state index contributed by atoms with van der Waals surface area (Å²) in [6.45, 7) is 5.08. The summed E-state index contributed by atoms with van der Waals surface area (Å²) in [6.07, 6.45) is 3.89. The van der Waals surface area contributed by atoms with Gasteiger partial charge in [0.2, 0.25) is 5.58 Å². The summed E-state index contributed by atoms with van der Waals surface area (Å²) in [4.78, 5) is 19.3. The molecule has 0 unspecified atom stereocenters. The SMILES string of the molecule is CCCCN(CCCc1nc2c(o1)c(=O)oc1ccccc12)Cc1ccc(OC)cc1. The summed E-state index contributed by atoms with van der Waals surface area (Å²) < 4.78 is 16.4. The number of methoxy groups -OCH3 is 1. The molecule has 2 aromatic carbocycles. The van der Waals surface area contributed by atoms with E-state index in [0.717, 1.165) is 50.0 Å². The first kappa shape index (κ1) is 21.1. The van der Waals surface area contributed by atoms with Crippen LogP contribution in [-0.2, 0) is 13.0 Å². The quantitative estimate of drug-likeness (QED) is 0.329. The van der Waals surface area contributed by atoms with E-state index in [2.05, 4.69) is 28.9 Å². The molecule has 0 atom stereocenters. The van der Waals surface area contributed by atoms with Crippen molar-refractivity contribution in [1.82, 2.24) is 9.88 Å². The molecule has 2 aromatic heterocycles. The minimum Gasteiger partial charge on any atom is -0.497 e. The van der Waals surface area contributed by atoms with Crippen molar-refractivity contribution in [3.63, 3.8) is 0 Å². The number of hydrogen-bond donors (Lipinski definition) is 0. The monoisotopic (exact) mass is 420 g/mol. The van der Waals surface area contributed by atoms with E-state index >= 15 is 0 Å². The Kier molecular flexibility index (Phi) is 6.67. The number of rotatable bonds is 10. The highest BCUT2D eigenvalue weighted by atomic mass is 16.5. The van der Waals surface area contributed by atoms with Gasteiger partial charge in [0.1, 0.15) is 16.8 Å². The summed E-state index contributed by atoms with van der Waals surface area (Å²) in [7, 11) is 1.68. The number of aromatic nitrogens is 1. The van der Waals surface area contributed by atoms with Gasteiger partial charge < -0.3 is 13.6 Å². The van der Waals surface area contributed by atoms with Crippen LogP contribution in [0.15, 0.2) is 62.2 Å². The Labute approximate surface area is 181 Å². The van der Waals surface area contributed by atoms with Crippen LogP contribution < -0.4 is 10.4 Å². The van der Waals surface area contributed by atoms with Crippen molar-refractivity contribution in [3.05, 3.63) is 70.4 Å². The predicted molar refractivity (Wildman–Crippen MR) is 122 cm³/mol. The number of para-hydroxylation sites is 1. The van der Waals surface area contributed by atoms with E-state index in [1.54, 1.807) is 13.2 Å². The molecule has 0 aliphatic heterocycles. The lowest BCUT2D eigenvalue weighted by atomic mass is 10.1. The Balaban J connectivity index is 1.43. The van der Waals surface area contributed by atoms with E-state index in [0.29, 0.717) is 23.4 Å². The summed E-state index contributed by atoms with van der Waals surface area (Å²) in [5, 5.41) is 0.802. The molecule has 6 nitrogen and oxygen atoms in total. The largest absolute Gasteiger partial charge is 0.497 e. The molecule has 0 saturated heterocycles. The summed E-state index contributed by atoms with van der Waals surface area (Å²) in [5.41, 5.74) is 2.11. The molecule has 0 saturated carbocycles. The van der Waals surface area contributed by atoms with E-state index in [-0.39, 0.29) is 5.58 Å². The Bertz CT molecular complexity index is 1190. The zero-order valence-corrected chi connectivity index (χ0v) is 18.1. The van der Waals surface area contributed by atoms with Crippen LogP contribution in [0, 0.1) is 0 Å². The first-order valence-electron chi connectivity index (χ1n) is 10.8. The molecule has 0 spiro atoms. The number of aryl methyl sites for hydroxylation is 1. The maximum atomic E-state index is 12.2. The topological polar surface area (TPSA) is 68.7 Å². The molecule has 4 rings (SSSR count). The molecule has 31 heavy (non-hydrogen) atoms. The summed E-state index contributed by atoms with van der Waals surface area (Å²) >= 11 is 0. The first-order chi connectivity index (χ1) is 15.2. The number of benzene rings is 2. The Morgan fingerprint density at radius 1 is 1.00 bits per heavy atom. The van der Waals surface area contributed by atoms with Gasteiger partial charge in [-0.3, -0.25) is 4.90 Å². The van der Waals surface area contributed by atoms with Crippen molar-refractivity contribution in [2.45, 2.75) is 39.2 Å². The van der Waals surface area contributed by atoms with Gasteiger partial charge in [-0.25, -0.2) is 9.78 Å². The van der Waals surface area contributed by atoms with Crippen LogP contribution in [0.1, 0.15) is 37.6 Å². The maximum Gasteiger partial charge on any atom is 0.382 e. The van der Waals surface area contributed by atoms with Gasteiger partial charge in [0.05, 0.1) is 7.11 Å². The lowest BCUT2D eigenvalue weighted by Gasteiger charge is -2.22. The van der Waals surface area contributed by atoms with Crippen LogP contribution in [-0.4, -0.2) is 30.1 Å². The van der Waals surface area contributed by atoms with Gasteiger partial charge in [-0.15, -0.1) is 0 Å². The van der Waals surface area contributed by atoms with Crippen molar-refractivity contribution in [2.24, 2.45) is 0 Å². The fraction of sp³-hybridized carbons (Fsp3) is 0.360. The lowest BCUT2D eigenvalue weighted by molar-refractivity contribution is 0.255. The molecule has 0 radical (unpaired) electrons. The zero-order valence-electron chi connectivity index (χ0n) is 18.1. The third-order valence-electron chi connectivity index (χ3n) is 5.46. The van der Waals surface area contributed by atoms with Gasteiger partial charge in [0.25, 0.3) is 0 Å². The number of oxazole rings is 1. The van der Waals surface area contributed by atoms with Crippen LogP contribution in [0.25, 0.3) is 22.1 Å². The molecule has 0 aliphatic rings. The molecule has 0 amide bonds. The predicted octanol–water partition coefficient (Wildman–Crippen LogP) is 5.18. The minimum absolute atomic E-state index is 0.203. The second kappa shape index (κ2) is 9.79. The highest BCUT2D eigenvalue weighted by molar-refractivity contribution is 5.99. The van der Waals surface area contributed by atoms with Gasteiger partial charge in [-0.05, 0) is 55.8 Å². The Morgan fingerprint density at radius 2 is 1.77 bits per heavy atom. The molecular formula is C25H28N2O4. The Hall–Kier alpha value is -3.12. The number of ether oxygens (including phenoxy) is 1.